The van der Waals surface area contributed by atoms with Gasteiger partial charge < -0.3 is 24.0 Å². The molecule has 49 heavy (non-hydrogen) atoms. The van der Waals surface area contributed by atoms with Crippen LogP contribution in [-0.2, 0) is 21.7 Å². The first-order chi connectivity index (χ1) is 23.9. The fourth-order valence-electron chi connectivity index (χ4n) is 6.52. The minimum atomic E-state index is -0.909. The zero-order valence-corrected chi connectivity index (χ0v) is 28.3. The third-order valence-corrected chi connectivity index (χ3v) is 9.51. The zero-order chi connectivity index (χ0) is 33.8. The second kappa shape index (κ2) is 14.2. The summed E-state index contributed by atoms with van der Waals surface area (Å²) in [5.41, 5.74) is 6.16. The summed E-state index contributed by atoms with van der Waals surface area (Å²) in [7, 11) is 0. The summed E-state index contributed by atoms with van der Waals surface area (Å²) in [6.07, 6.45) is 6.21. The molecule has 11 heteroatoms. The van der Waals surface area contributed by atoms with Crippen molar-refractivity contribution < 1.29 is 14.2 Å². The monoisotopic (exact) mass is 661 g/mol. The number of aryl methyl sites for hydroxylation is 1. The van der Waals surface area contributed by atoms with E-state index in [1.54, 1.807) is 28.0 Å². The van der Waals surface area contributed by atoms with Crippen LogP contribution in [0.1, 0.15) is 43.0 Å². The van der Waals surface area contributed by atoms with Gasteiger partial charge in [0.1, 0.15) is 24.8 Å². The summed E-state index contributed by atoms with van der Waals surface area (Å²) in [6.45, 7) is 10.6. The van der Waals surface area contributed by atoms with Crippen LogP contribution in [0.15, 0.2) is 102 Å². The highest BCUT2D eigenvalue weighted by molar-refractivity contribution is 5.54. The maximum Gasteiger partial charge on any atom is 0.350 e. The van der Waals surface area contributed by atoms with Crippen LogP contribution in [0.3, 0.4) is 0 Å². The van der Waals surface area contributed by atoms with E-state index in [1.165, 1.54) is 5.69 Å². The quantitative estimate of drug-likeness (QED) is 0.186. The lowest BCUT2D eigenvalue weighted by molar-refractivity contribution is -0.178. The summed E-state index contributed by atoms with van der Waals surface area (Å²) in [5, 5.41) is 12.3. The molecule has 7 rings (SSSR count). The molecular formula is C38H43N7O4. The molecule has 0 radical (unpaired) electrons. The molecule has 11 nitrogen and oxygen atoms in total. The lowest BCUT2D eigenvalue weighted by atomic mass is 9.97. The molecule has 2 fully saturated rings. The summed E-state index contributed by atoms with van der Waals surface area (Å²) in [5.74, 6) is -0.111. The molecule has 2 aromatic heterocycles. The molecule has 2 saturated heterocycles. The molecule has 0 amide bonds. The van der Waals surface area contributed by atoms with E-state index in [0.717, 1.165) is 66.4 Å². The molecule has 3 aromatic carbocycles. The SMILES string of the molecule is CCC(C)n1ncn(-c2ccc(N3CCN(c4ccc(OC[C@@H]5CO[C@](Cc6ccnnc6)(c6cccc(C)c6)O5)cc4)CC3)cc2)c1=O. The van der Waals surface area contributed by atoms with E-state index in [0.29, 0.717) is 19.6 Å². The number of piperazine rings is 1. The number of aromatic nitrogens is 5. The predicted molar refractivity (Wildman–Crippen MR) is 189 cm³/mol. The molecule has 2 aliphatic rings. The summed E-state index contributed by atoms with van der Waals surface area (Å²) >= 11 is 0. The molecule has 4 heterocycles. The summed E-state index contributed by atoms with van der Waals surface area (Å²) in [6, 6.07) is 26.7. The smallest absolute Gasteiger partial charge is 0.350 e. The van der Waals surface area contributed by atoms with Crippen LogP contribution in [0.25, 0.3) is 5.69 Å². The van der Waals surface area contributed by atoms with Crippen molar-refractivity contribution in [1.29, 1.82) is 0 Å². The molecule has 2 aliphatic heterocycles. The van der Waals surface area contributed by atoms with Gasteiger partial charge in [-0.15, -0.1) is 0 Å². The Hall–Kier alpha value is -5.00. The number of benzene rings is 3. The number of rotatable bonds is 11. The Bertz CT molecular complexity index is 1890. The Morgan fingerprint density at radius 3 is 2.27 bits per heavy atom. The Morgan fingerprint density at radius 1 is 0.918 bits per heavy atom. The summed E-state index contributed by atoms with van der Waals surface area (Å²) < 4.78 is 22.3. The molecule has 0 aliphatic carbocycles. The minimum absolute atomic E-state index is 0.0717. The first kappa shape index (κ1) is 32.5. The number of ether oxygens (including phenoxy) is 3. The van der Waals surface area contributed by atoms with Crippen molar-refractivity contribution in [2.45, 2.75) is 51.5 Å². The fraction of sp³-hybridized carbons (Fsp3) is 0.368. The number of hydrogen-bond donors (Lipinski definition) is 0. The topological polar surface area (TPSA) is 99.8 Å². The third-order valence-electron chi connectivity index (χ3n) is 9.51. The third kappa shape index (κ3) is 7.09. The lowest BCUT2D eigenvalue weighted by Gasteiger charge is -2.37. The van der Waals surface area contributed by atoms with Gasteiger partial charge in [-0.05, 0) is 80.4 Å². The Morgan fingerprint density at radius 2 is 1.61 bits per heavy atom. The van der Waals surface area contributed by atoms with Gasteiger partial charge in [0.15, 0.2) is 5.79 Å². The van der Waals surface area contributed by atoms with Crippen LogP contribution < -0.4 is 20.2 Å². The van der Waals surface area contributed by atoms with Crippen molar-refractivity contribution in [3.05, 3.63) is 125 Å². The molecule has 0 saturated carbocycles. The molecule has 3 atom stereocenters. The first-order valence-electron chi connectivity index (χ1n) is 17.0. The maximum atomic E-state index is 12.8. The van der Waals surface area contributed by atoms with Gasteiger partial charge in [0, 0.05) is 55.7 Å². The van der Waals surface area contributed by atoms with Crippen LogP contribution in [-0.4, -0.2) is 70.0 Å². The van der Waals surface area contributed by atoms with E-state index < -0.39 is 5.79 Å². The second-order valence-electron chi connectivity index (χ2n) is 12.9. The van der Waals surface area contributed by atoms with E-state index in [9.17, 15) is 4.79 Å². The van der Waals surface area contributed by atoms with Crippen molar-refractivity contribution in [3.8, 4) is 11.4 Å². The second-order valence-corrected chi connectivity index (χ2v) is 12.9. The van der Waals surface area contributed by atoms with Gasteiger partial charge in [-0.3, -0.25) is 0 Å². The molecular weight excluding hydrogens is 618 g/mol. The van der Waals surface area contributed by atoms with Crippen molar-refractivity contribution in [2.75, 3.05) is 49.2 Å². The van der Waals surface area contributed by atoms with E-state index >= 15 is 0 Å². The molecule has 1 unspecified atom stereocenters. The minimum Gasteiger partial charge on any atom is -0.491 e. The van der Waals surface area contributed by atoms with Crippen molar-refractivity contribution in [3.63, 3.8) is 0 Å². The molecule has 5 aromatic rings. The van der Waals surface area contributed by atoms with Gasteiger partial charge in [0.05, 0.1) is 24.5 Å². The van der Waals surface area contributed by atoms with Crippen LogP contribution in [0.4, 0.5) is 11.4 Å². The lowest BCUT2D eigenvalue weighted by Crippen LogP contribution is -2.46. The normalized spacial score (nSPS) is 20.0. The van der Waals surface area contributed by atoms with Crippen molar-refractivity contribution in [2.24, 2.45) is 0 Å². The van der Waals surface area contributed by atoms with E-state index in [2.05, 4.69) is 81.4 Å². The zero-order valence-electron chi connectivity index (χ0n) is 28.3. The highest BCUT2D eigenvalue weighted by atomic mass is 16.8. The molecule has 0 spiro atoms. The Labute approximate surface area is 286 Å². The van der Waals surface area contributed by atoms with E-state index in [-0.39, 0.29) is 17.8 Å². The van der Waals surface area contributed by atoms with Gasteiger partial charge >= 0.3 is 5.69 Å². The number of hydrogen-bond acceptors (Lipinski definition) is 9. The van der Waals surface area contributed by atoms with Crippen molar-refractivity contribution >= 4 is 11.4 Å². The number of anilines is 2. The Balaban J connectivity index is 0.922. The number of nitrogens with zero attached hydrogens (tertiary/aromatic N) is 7. The van der Waals surface area contributed by atoms with Gasteiger partial charge in [0.25, 0.3) is 0 Å². The van der Waals surface area contributed by atoms with Crippen LogP contribution >= 0.6 is 0 Å². The molecule has 0 N–H and O–H groups in total. The summed E-state index contributed by atoms with van der Waals surface area (Å²) in [4.78, 5) is 17.6. The predicted octanol–water partition coefficient (Wildman–Crippen LogP) is 5.32. The van der Waals surface area contributed by atoms with E-state index in [1.807, 2.05) is 43.3 Å². The van der Waals surface area contributed by atoms with E-state index in [4.69, 9.17) is 14.2 Å². The van der Waals surface area contributed by atoms with Crippen LogP contribution in [0.5, 0.6) is 5.75 Å². The Kier molecular flexibility index (Phi) is 9.45. The standard InChI is InChI=1S/C38H43N7O4/c1-4-29(3)45-37(46)44(27-41-45)34-10-8-32(9-11-34)42-18-20-43(21-19-42)33-12-14-35(15-13-33)47-25-36-26-48-38(49-36,23-30-16-17-39-40-24-30)31-7-5-6-28(2)22-31/h5-17,22,24,27,29,36H,4,18-21,23,25-26H2,1-3H3/t29?,36-,38+/m1/s1. The average molecular weight is 662 g/mol. The maximum absolute atomic E-state index is 12.8. The van der Waals surface area contributed by atoms with Gasteiger partial charge in [-0.1, -0.05) is 36.8 Å². The van der Waals surface area contributed by atoms with Gasteiger partial charge in [-0.25, -0.2) is 14.0 Å². The van der Waals surface area contributed by atoms with Gasteiger partial charge in [-0.2, -0.15) is 15.3 Å². The first-order valence-corrected chi connectivity index (χ1v) is 17.0. The van der Waals surface area contributed by atoms with Crippen molar-refractivity contribution in [1.82, 2.24) is 24.5 Å². The molecule has 0 bridgehead atoms. The largest absolute Gasteiger partial charge is 0.491 e. The average Bonchev–Trinajstić information content (AvgIpc) is 3.75. The highest BCUT2D eigenvalue weighted by Gasteiger charge is 2.44. The van der Waals surface area contributed by atoms with Crippen LogP contribution in [0, 0.1) is 6.92 Å². The van der Waals surface area contributed by atoms with Gasteiger partial charge in [0.2, 0.25) is 0 Å². The van der Waals surface area contributed by atoms with Crippen LogP contribution in [0.2, 0.25) is 0 Å². The molecule has 254 valence electrons. The fourth-order valence-corrected chi connectivity index (χ4v) is 6.52. The highest BCUT2D eigenvalue weighted by Crippen LogP contribution is 2.38.